The third-order valence-corrected chi connectivity index (χ3v) is 7.26. The van der Waals surface area contributed by atoms with Crippen molar-refractivity contribution in [2.24, 2.45) is 5.92 Å². The first-order valence-electron chi connectivity index (χ1n) is 13.6. The number of nitrogens with one attached hydrogen (secondary N) is 2. The molecule has 0 saturated carbocycles. The molecular weight excluding hydrogens is 497 g/mol. The molecule has 208 valence electrons. The second kappa shape index (κ2) is 13.3. The Hall–Kier alpha value is -2.88. The SMILES string of the molecule is CC[C@@H](NC(=O)CCC1CCCc2cnc(NC3CCOCC3)nc2C1)c1ccc(OCC(F)(F)F)cc1. The van der Waals surface area contributed by atoms with Crippen molar-refractivity contribution in [2.75, 3.05) is 25.1 Å². The minimum atomic E-state index is -4.38. The van der Waals surface area contributed by atoms with Crippen molar-refractivity contribution < 1.29 is 27.4 Å². The van der Waals surface area contributed by atoms with E-state index in [1.165, 1.54) is 17.7 Å². The van der Waals surface area contributed by atoms with Crippen LogP contribution in [0.4, 0.5) is 19.1 Å². The first-order chi connectivity index (χ1) is 18.3. The summed E-state index contributed by atoms with van der Waals surface area (Å²) in [4.78, 5) is 22.2. The molecule has 1 aromatic carbocycles. The monoisotopic (exact) mass is 534 g/mol. The molecule has 2 atom stereocenters. The van der Waals surface area contributed by atoms with E-state index in [2.05, 4.69) is 15.6 Å². The van der Waals surface area contributed by atoms with Crippen molar-refractivity contribution in [3.8, 4) is 5.75 Å². The number of carbonyl (C=O) groups is 1. The maximum atomic E-state index is 12.8. The summed E-state index contributed by atoms with van der Waals surface area (Å²) < 4.78 is 47.3. The molecule has 0 spiro atoms. The van der Waals surface area contributed by atoms with Crippen LogP contribution in [-0.2, 0) is 22.4 Å². The third kappa shape index (κ3) is 8.58. The molecule has 1 unspecified atom stereocenters. The minimum absolute atomic E-state index is 0.0247. The summed E-state index contributed by atoms with van der Waals surface area (Å²) in [5.74, 6) is 1.17. The van der Waals surface area contributed by atoms with Crippen LogP contribution in [-0.4, -0.2) is 47.9 Å². The largest absolute Gasteiger partial charge is 0.484 e. The van der Waals surface area contributed by atoms with Gasteiger partial charge in [-0.05, 0) is 80.5 Å². The molecule has 0 radical (unpaired) electrons. The number of anilines is 1. The van der Waals surface area contributed by atoms with E-state index in [1.54, 1.807) is 12.1 Å². The lowest BCUT2D eigenvalue weighted by Crippen LogP contribution is -2.29. The second-order valence-corrected chi connectivity index (χ2v) is 10.2. The highest BCUT2D eigenvalue weighted by atomic mass is 19.4. The van der Waals surface area contributed by atoms with Crippen LogP contribution < -0.4 is 15.4 Å². The van der Waals surface area contributed by atoms with E-state index in [-0.39, 0.29) is 17.7 Å². The van der Waals surface area contributed by atoms with Gasteiger partial charge in [0, 0.05) is 37.6 Å². The number of amides is 1. The van der Waals surface area contributed by atoms with Gasteiger partial charge in [-0.25, -0.2) is 9.97 Å². The van der Waals surface area contributed by atoms with E-state index in [4.69, 9.17) is 14.5 Å². The molecule has 2 aliphatic rings. The van der Waals surface area contributed by atoms with Gasteiger partial charge in [-0.15, -0.1) is 0 Å². The van der Waals surface area contributed by atoms with Gasteiger partial charge in [0.2, 0.25) is 11.9 Å². The van der Waals surface area contributed by atoms with Crippen molar-refractivity contribution in [3.63, 3.8) is 0 Å². The number of ether oxygens (including phenoxy) is 2. The Morgan fingerprint density at radius 3 is 2.66 bits per heavy atom. The Labute approximate surface area is 221 Å². The summed E-state index contributed by atoms with van der Waals surface area (Å²) in [6.07, 6.45) is 5.23. The number of benzene rings is 1. The van der Waals surface area contributed by atoms with Gasteiger partial charge in [0.25, 0.3) is 0 Å². The van der Waals surface area contributed by atoms with Crippen molar-refractivity contribution in [1.82, 2.24) is 15.3 Å². The zero-order valence-corrected chi connectivity index (χ0v) is 21.9. The molecule has 10 heteroatoms. The molecule has 1 saturated heterocycles. The van der Waals surface area contributed by atoms with Gasteiger partial charge in [-0.1, -0.05) is 19.1 Å². The van der Waals surface area contributed by atoms with Crippen LogP contribution in [0.5, 0.6) is 5.75 Å². The fourth-order valence-corrected chi connectivity index (χ4v) is 5.11. The third-order valence-electron chi connectivity index (χ3n) is 7.26. The first kappa shape index (κ1) is 28.1. The molecule has 2 N–H and O–H groups in total. The van der Waals surface area contributed by atoms with E-state index in [0.29, 0.717) is 30.7 Å². The van der Waals surface area contributed by atoms with Crippen molar-refractivity contribution >= 4 is 11.9 Å². The summed E-state index contributed by atoms with van der Waals surface area (Å²) in [5, 5.41) is 6.53. The van der Waals surface area contributed by atoms with E-state index < -0.39 is 12.8 Å². The summed E-state index contributed by atoms with van der Waals surface area (Å²) >= 11 is 0. The van der Waals surface area contributed by atoms with Crippen LogP contribution in [0, 0.1) is 5.92 Å². The van der Waals surface area contributed by atoms with Crippen LogP contribution in [0.15, 0.2) is 30.5 Å². The summed E-state index contributed by atoms with van der Waals surface area (Å²) in [5.41, 5.74) is 3.12. The van der Waals surface area contributed by atoms with Gasteiger partial charge in [-0.3, -0.25) is 4.79 Å². The van der Waals surface area contributed by atoms with Crippen LogP contribution >= 0.6 is 0 Å². The second-order valence-electron chi connectivity index (χ2n) is 10.2. The Kier molecular flexibility index (Phi) is 9.82. The molecule has 1 aliphatic heterocycles. The molecule has 38 heavy (non-hydrogen) atoms. The number of alkyl halides is 3. The highest BCUT2D eigenvalue weighted by Crippen LogP contribution is 2.28. The van der Waals surface area contributed by atoms with E-state index >= 15 is 0 Å². The molecule has 1 amide bonds. The molecule has 4 rings (SSSR count). The lowest BCUT2D eigenvalue weighted by molar-refractivity contribution is -0.153. The number of nitrogens with zero attached hydrogens (tertiary/aromatic N) is 2. The lowest BCUT2D eigenvalue weighted by Gasteiger charge is -2.23. The summed E-state index contributed by atoms with van der Waals surface area (Å²) in [6.45, 7) is 2.15. The average Bonchev–Trinajstić information content (AvgIpc) is 3.11. The van der Waals surface area contributed by atoms with E-state index in [9.17, 15) is 18.0 Å². The number of fused-ring (bicyclic) bond motifs is 1. The number of rotatable bonds is 10. The van der Waals surface area contributed by atoms with Crippen LogP contribution in [0.3, 0.4) is 0 Å². The number of hydrogen-bond donors (Lipinski definition) is 2. The number of aryl methyl sites for hydroxylation is 1. The number of aromatic nitrogens is 2. The average molecular weight is 535 g/mol. The zero-order chi connectivity index (χ0) is 27.0. The van der Waals surface area contributed by atoms with Crippen LogP contribution in [0.25, 0.3) is 0 Å². The normalized spacial score (nSPS) is 19.2. The fraction of sp³-hybridized carbons (Fsp3) is 0.607. The molecule has 2 heterocycles. The highest BCUT2D eigenvalue weighted by molar-refractivity contribution is 5.76. The molecule has 1 aliphatic carbocycles. The topological polar surface area (TPSA) is 85.4 Å². The molecular formula is C28H37F3N4O3. The Morgan fingerprint density at radius 1 is 1.18 bits per heavy atom. The Balaban J connectivity index is 1.27. The first-order valence-corrected chi connectivity index (χ1v) is 13.6. The van der Waals surface area contributed by atoms with Gasteiger partial charge in [-0.2, -0.15) is 13.2 Å². The van der Waals surface area contributed by atoms with Gasteiger partial charge < -0.3 is 20.1 Å². The maximum Gasteiger partial charge on any atom is 0.422 e. The zero-order valence-electron chi connectivity index (χ0n) is 21.9. The number of halogens is 3. The lowest BCUT2D eigenvalue weighted by atomic mass is 9.94. The smallest absolute Gasteiger partial charge is 0.422 e. The van der Waals surface area contributed by atoms with Gasteiger partial charge >= 0.3 is 6.18 Å². The number of hydrogen-bond acceptors (Lipinski definition) is 6. The van der Waals surface area contributed by atoms with Crippen LogP contribution in [0.2, 0.25) is 0 Å². The minimum Gasteiger partial charge on any atom is -0.484 e. The predicted octanol–water partition coefficient (Wildman–Crippen LogP) is 5.55. The van der Waals surface area contributed by atoms with Crippen molar-refractivity contribution in [3.05, 3.63) is 47.3 Å². The van der Waals surface area contributed by atoms with Crippen molar-refractivity contribution in [2.45, 2.75) is 83.0 Å². The van der Waals surface area contributed by atoms with Crippen molar-refractivity contribution in [1.29, 1.82) is 0 Å². The van der Waals surface area contributed by atoms with E-state index in [1.807, 2.05) is 13.1 Å². The van der Waals surface area contributed by atoms with Crippen LogP contribution in [0.1, 0.15) is 74.7 Å². The molecule has 1 fully saturated rings. The predicted molar refractivity (Wildman–Crippen MR) is 138 cm³/mol. The highest BCUT2D eigenvalue weighted by Gasteiger charge is 2.28. The molecule has 0 bridgehead atoms. The summed E-state index contributed by atoms with van der Waals surface area (Å²) in [7, 11) is 0. The Morgan fingerprint density at radius 2 is 1.95 bits per heavy atom. The quantitative estimate of drug-likeness (QED) is 0.389. The fourth-order valence-electron chi connectivity index (χ4n) is 5.11. The number of carbonyl (C=O) groups excluding carboxylic acids is 1. The Bertz CT molecular complexity index is 1040. The summed E-state index contributed by atoms with van der Waals surface area (Å²) in [6, 6.07) is 6.54. The van der Waals surface area contributed by atoms with E-state index in [0.717, 1.165) is 69.4 Å². The van der Waals surface area contributed by atoms with Gasteiger partial charge in [0.1, 0.15) is 5.75 Å². The van der Waals surface area contributed by atoms with Gasteiger partial charge in [0.15, 0.2) is 6.61 Å². The van der Waals surface area contributed by atoms with Gasteiger partial charge in [0.05, 0.1) is 6.04 Å². The maximum absolute atomic E-state index is 12.8. The molecule has 1 aromatic heterocycles. The molecule has 7 nitrogen and oxygen atoms in total. The molecule has 2 aromatic rings. The standard InChI is InChI=1S/C28H37F3N4O3/c1-2-24(20-7-9-23(10-8-20)38-18-28(29,30)31)34-26(36)11-6-19-4-3-5-21-17-32-27(35-25(21)16-19)33-22-12-14-37-15-13-22/h7-10,17,19,22,24H,2-6,11-16,18H2,1H3,(H,34,36)(H,32,33,35)/t19?,24-/m1/s1.